The van der Waals surface area contributed by atoms with Crippen LogP contribution in [0.15, 0.2) is 29.2 Å². The standard InChI is InChI=1S/C9H14O2S/c1-3-12(10,11)9-6-4-8(2)5-7-9/h4-7,10-11H,3H2,1-2H3. The summed E-state index contributed by atoms with van der Waals surface area (Å²) < 4.78 is 19.0. The second kappa shape index (κ2) is 3.47. The highest BCUT2D eigenvalue weighted by atomic mass is 32.3. The maximum absolute atomic E-state index is 9.52. The predicted octanol–water partition coefficient (Wildman–Crippen LogP) is 3.12. The van der Waals surface area contributed by atoms with Crippen LogP contribution in [0.5, 0.6) is 0 Å². The van der Waals surface area contributed by atoms with Crippen LogP contribution in [-0.2, 0) is 0 Å². The summed E-state index contributed by atoms with van der Waals surface area (Å²) in [6.45, 7) is 3.75. The van der Waals surface area contributed by atoms with E-state index in [2.05, 4.69) is 0 Å². The fourth-order valence-corrected chi connectivity index (χ4v) is 1.83. The van der Waals surface area contributed by atoms with Crippen LogP contribution in [0.25, 0.3) is 0 Å². The highest BCUT2D eigenvalue weighted by molar-refractivity contribution is 8.24. The number of hydrogen-bond donors (Lipinski definition) is 2. The molecule has 1 rings (SSSR count). The molecule has 0 atom stereocenters. The largest absolute Gasteiger partial charge is 0.295 e. The van der Waals surface area contributed by atoms with E-state index in [1.54, 1.807) is 19.1 Å². The maximum atomic E-state index is 9.52. The van der Waals surface area contributed by atoms with Crippen molar-refractivity contribution in [3.63, 3.8) is 0 Å². The van der Waals surface area contributed by atoms with E-state index in [-0.39, 0.29) is 0 Å². The van der Waals surface area contributed by atoms with Gasteiger partial charge in [0.2, 0.25) is 0 Å². The Kier molecular flexibility index (Phi) is 2.77. The molecule has 0 saturated heterocycles. The molecule has 1 aromatic carbocycles. The van der Waals surface area contributed by atoms with Gasteiger partial charge in [0.1, 0.15) is 0 Å². The molecule has 0 amide bonds. The zero-order valence-corrected chi connectivity index (χ0v) is 8.14. The highest BCUT2D eigenvalue weighted by Gasteiger charge is 2.11. The molecule has 0 aliphatic carbocycles. The molecule has 68 valence electrons. The average Bonchev–Trinajstić information content (AvgIpc) is 2.05. The van der Waals surface area contributed by atoms with Crippen molar-refractivity contribution in [1.29, 1.82) is 0 Å². The lowest BCUT2D eigenvalue weighted by molar-refractivity contribution is 0.488. The molecule has 0 saturated carbocycles. The Labute approximate surface area is 74.6 Å². The molecule has 0 radical (unpaired) electrons. The van der Waals surface area contributed by atoms with Crippen LogP contribution in [0.2, 0.25) is 0 Å². The van der Waals surface area contributed by atoms with Gasteiger partial charge < -0.3 is 0 Å². The zero-order chi connectivity index (χ0) is 9.19. The van der Waals surface area contributed by atoms with E-state index in [4.69, 9.17) is 0 Å². The minimum absolute atomic E-state index is 0.385. The molecule has 0 aliphatic heterocycles. The summed E-state index contributed by atoms with van der Waals surface area (Å²) in [4.78, 5) is 0.635. The van der Waals surface area contributed by atoms with Crippen molar-refractivity contribution >= 4 is 10.6 Å². The summed E-state index contributed by atoms with van der Waals surface area (Å²) in [6.07, 6.45) is 0. The first-order chi connectivity index (χ1) is 5.56. The molecule has 0 aromatic heterocycles. The zero-order valence-electron chi connectivity index (χ0n) is 7.32. The van der Waals surface area contributed by atoms with Gasteiger partial charge in [-0.25, -0.2) is 0 Å². The smallest absolute Gasteiger partial charge is 0.0583 e. The quantitative estimate of drug-likeness (QED) is 0.745. The second-order valence-electron chi connectivity index (χ2n) is 2.77. The number of aryl methyl sites for hydroxylation is 1. The molecule has 3 heteroatoms. The monoisotopic (exact) mass is 186 g/mol. The van der Waals surface area contributed by atoms with Gasteiger partial charge in [0, 0.05) is 5.75 Å². The summed E-state index contributed by atoms with van der Waals surface area (Å²) in [5.41, 5.74) is 1.13. The van der Waals surface area contributed by atoms with E-state index in [1.165, 1.54) is 0 Å². The molecule has 0 heterocycles. The Morgan fingerprint density at radius 3 is 2.08 bits per heavy atom. The first-order valence-electron chi connectivity index (χ1n) is 3.89. The third kappa shape index (κ3) is 2.00. The Morgan fingerprint density at radius 1 is 1.17 bits per heavy atom. The molecule has 0 aliphatic rings. The van der Waals surface area contributed by atoms with Crippen molar-refractivity contribution in [1.82, 2.24) is 0 Å². The summed E-state index contributed by atoms with van der Waals surface area (Å²) in [5, 5.41) is 0. The summed E-state index contributed by atoms with van der Waals surface area (Å²) in [6, 6.07) is 7.32. The van der Waals surface area contributed by atoms with E-state index in [1.807, 2.05) is 19.1 Å². The SMILES string of the molecule is CCS(O)(O)c1ccc(C)cc1. The first kappa shape index (κ1) is 9.58. The van der Waals surface area contributed by atoms with Crippen LogP contribution >= 0.6 is 10.6 Å². The molecule has 0 bridgehead atoms. The minimum atomic E-state index is -2.51. The van der Waals surface area contributed by atoms with Gasteiger partial charge in [-0.05, 0) is 26.0 Å². The molecular formula is C9H14O2S. The predicted molar refractivity (Wildman–Crippen MR) is 52.8 cm³/mol. The topological polar surface area (TPSA) is 40.5 Å². The Morgan fingerprint density at radius 2 is 1.67 bits per heavy atom. The number of rotatable bonds is 2. The van der Waals surface area contributed by atoms with Gasteiger partial charge in [-0.15, -0.1) is 0 Å². The van der Waals surface area contributed by atoms with Crippen molar-refractivity contribution in [2.75, 3.05) is 5.75 Å². The van der Waals surface area contributed by atoms with Gasteiger partial charge in [-0.3, -0.25) is 9.11 Å². The minimum Gasteiger partial charge on any atom is -0.295 e. The van der Waals surface area contributed by atoms with Crippen molar-refractivity contribution in [2.24, 2.45) is 0 Å². The van der Waals surface area contributed by atoms with Gasteiger partial charge in [0.15, 0.2) is 0 Å². The Balaban J connectivity index is 2.96. The second-order valence-corrected chi connectivity index (χ2v) is 5.15. The lowest BCUT2D eigenvalue weighted by Crippen LogP contribution is -2.00. The Bertz CT molecular complexity index is 254. The average molecular weight is 186 g/mol. The van der Waals surface area contributed by atoms with E-state index in [0.717, 1.165) is 5.56 Å². The molecule has 0 fully saturated rings. The summed E-state index contributed by atoms with van der Waals surface area (Å²) >= 11 is 0. The van der Waals surface area contributed by atoms with Crippen LogP contribution in [-0.4, -0.2) is 14.9 Å². The van der Waals surface area contributed by atoms with E-state index < -0.39 is 10.6 Å². The van der Waals surface area contributed by atoms with Gasteiger partial charge in [-0.2, -0.15) is 10.6 Å². The molecule has 12 heavy (non-hydrogen) atoms. The first-order valence-corrected chi connectivity index (χ1v) is 5.60. The molecule has 2 nitrogen and oxygen atoms in total. The van der Waals surface area contributed by atoms with Crippen LogP contribution in [0, 0.1) is 6.92 Å². The highest BCUT2D eigenvalue weighted by Crippen LogP contribution is 2.47. The summed E-state index contributed by atoms with van der Waals surface area (Å²) in [7, 11) is -2.51. The van der Waals surface area contributed by atoms with Crippen LogP contribution in [0.3, 0.4) is 0 Å². The van der Waals surface area contributed by atoms with Gasteiger partial charge in [-0.1, -0.05) is 17.7 Å². The van der Waals surface area contributed by atoms with Crippen LogP contribution < -0.4 is 0 Å². The Hall–Kier alpha value is -0.510. The van der Waals surface area contributed by atoms with Crippen molar-refractivity contribution in [3.05, 3.63) is 29.8 Å². The molecule has 2 N–H and O–H groups in total. The summed E-state index contributed by atoms with van der Waals surface area (Å²) in [5.74, 6) is 0.385. The van der Waals surface area contributed by atoms with Crippen molar-refractivity contribution < 1.29 is 9.11 Å². The van der Waals surface area contributed by atoms with Crippen molar-refractivity contribution in [2.45, 2.75) is 18.7 Å². The van der Waals surface area contributed by atoms with Crippen molar-refractivity contribution in [3.8, 4) is 0 Å². The normalized spacial score (nSPS) is 13.0. The van der Waals surface area contributed by atoms with Gasteiger partial charge >= 0.3 is 0 Å². The van der Waals surface area contributed by atoms with E-state index in [0.29, 0.717) is 10.6 Å². The van der Waals surface area contributed by atoms with Crippen LogP contribution in [0.1, 0.15) is 12.5 Å². The molecule has 0 spiro atoms. The van der Waals surface area contributed by atoms with Gasteiger partial charge in [0.05, 0.1) is 4.90 Å². The molecule has 1 aromatic rings. The lowest BCUT2D eigenvalue weighted by atomic mass is 10.2. The van der Waals surface area contributed by atoms with Crippen LogP contribution in [0.4, 0.5) is 0 Å². The van der Waals surface area contributed by atoms with E-state index >= 15 is 0 Å². The molecule has 0 unspecified atom stereocenters. The van der Waals surface area contributed by atoms with E-state index in [9.17, 15) is 9.11 Å². The molecular weight excluding hydrogens is 172 g/mol. The fraction of sp³-hybridized carbons (Fsp3) is 0.333. The van der Waals surface area contributed by atoms with Gasteiger partial charge in [0.25, 0.3) is 0 Å². The third-order valence-electron chi connectivity index (χ3n) is 1.80. The fourth-order valence-electron chi connectivity index (χ4n) is 0.923. The maximum Gasteiger partial charge on any atom is 0.0583 e. The third-order valence-corrected chi connectivity index (χ3v) is 3.63. The number of benzene rings is 1. The number of hydrogen-bond acceptors (Lipinski definition) is 2. The lowest BCUT2D eigenvalue weighted by Gasteiger charge is -2.30.